The van der Waals surface area contributed by atoms with Crippen molar-refractivity contribution in [1.82, 2.24) is 4.90 Å². The fraction of sp³-hybridized carbons (Fsp3) is 0.188. The first-order chi connectivity index (χ1) is 10.5. The lowest BCUT2D eigenvalue weighted by Gasteiger charge is -2.12. The second kappa shape index (κ2) is 5.78. The number of hydrogen-bond acceptors (Lipinski definition) is 4. The Morgan fingerprint density at radius 2 is 1.73 bits per heavy atom. The van der Waals surface area contributed by atoms with Crippen molar-refractivity contribution in [3.63, 3.8) is 0 Å². The van der Waals surface area contributed by atoms with Gasteiger partial charge in [0.2, 0.25) is 0 Å². The molecule has 2 heterocycles. The number of amides is 2. The summed E-state index contributed by atoms with van der Waals surface area (Å²) in [4.78, 5) is 38.9. The number of hydrogen-bond donors (Lipinski definition) is 0. The molecular formula is C16H12BrNO3S. The first kappa shape index (κ1) is 15.1. The molecule has 1 aliphatic rings. The van der Waals surface area contributed by atoms with Crippen molar-refractivity contribution >= 4 is 44.9 Å². The standard InChI is InChI=1S/C16H12BrNO3S/c1-9(17)14(19)13-7-6-10(22-13)8-18-15(20)11-4-2-3-5-12(11)16(18)21/h2-7,9H,8H2,1H3. The van der Waals surface area contributed by atoms with Crippen LogP contribution in [0.3, 0.4) is 0 Å². The van der Waals surface area contributed by atoms with Crippen LogP contribution in [0.2, 0.25) is 0 Å². The highest BCUT2D eigenvalue weighted by molar-refractivity contribution is 9.10. The number of alkyl halides is 1. The maximum Gasteiger partial charge on any atom is 0.261 e. The van der Waals surface area contributed by atoms with E-state index < -0.39 is 0 Å². The van der Waals surface area contributed by atoms with Gasteiger partial charge >= 0.3 is 0 Å². The third-order valence-electron chi connectivity index (χ3n) is 3.46. The van der Waals surface area contributed by atoms with E-state index in [0.717, 1.165) is 4.88 Å². The molecule has 2 aromatic rings. The number of fused-ring (bicyclic) bond motifs is 1. The van der Waals surface area contributed by atoms with Crippen LogP contribution in [0.5, 0.6) is 0 Å². The quantitative estimate of drug-likeness (QED) is 0.465. The minimum Gasteiger partial charge on any atom is -0.292 e. The largest absolute Gasteiger partial charge is 0.292 e. The second-order valence-electron chi connectivity index (χ2n) is 4.99. The van der Waals surface area contributed by atoms with Crippen molar-refractivity contribution in [3.8, 4) is 0 Å². The lowest BCUT2D eigenvalue weighted by Crippen LogP contribution is -2.28. The molecule has 0 radical (unpaired) electrons. The molecule has 3 rings (SSSR count). The highest BCUT2D eigenvalue weighted by Crippen LogP contribution is 2.27. The van der Waals surface area contributed by atoms with Crippen LogP contribution in [0.1, 0.15) is 42.2 Å². The first-order valence-electron chi connectivity index (χ1n) is 6.71. The maximum atomic E-state index is 12.3. The Kier molecular flexibility index (Phi) is 3.97. The zero-order chi connectivity index (χ0) is 15.9. The zero-order valence-corrected chi connectivity index (χ0v) is 14.1. The van der Waals surface area contributed by atoms with Gasteiger partial charge in [-0.3, -0.25) is 19.3 Å². The van der Waals surface area contributed by atoms with E-state index in [9.17, 15) is 14.4 Å². The molecule has 4 nitrogen and oxygen atoms in total. The number of carbonyl (C=O) groups excluding carboxylic acids is 3. The maximum absolute atomic E-state index is 12.3. The number of Topliss-reactive ketones (excluding diaryl/α,β-unsaturated/α-hetero) is 1. The Hall–Kier alpha value is -1.79. The number of nitrogens with zero attached hydrogens (tertiary/aromatic N) is 1. The molecule has 2 amide bonds. The Balaban J connectivity index is 1.82. The molecule has 0 saturated heterocycles. The Bertz CT molecular complexity index is 746. The van der Waals surface area contributed by atoms with Crippen LogP contribution >= 0.6 is 27.3 Å². The molecule has 6 heteroatoms. The molecule has 0 spiro atoms. The third-order valence-corrected chi connectivity index (χ3v) is 4.96. The van der Waals surface area contributed by atoms with Gasteiger partial charge in [0.25, 0.3) is 11.8 Å². The molecule has 0 N–H and O–H groups in total. The van der Waals surface area contributed by atoms with Crippen molar-refractivity contribution < 1.29 is 14.4 Å². The predicted octanol–water partition coefficient (Wildman–Crippen LogP) is 3.51. The molecule has 1 aromatic carbocycles. The highest BCUT2D eigenvalue weighted by atomic mass is 79.9. The minimum absolute atomic E-state index is 0.00129. The monoisotopic (exact) mass is 377 g/mol. The van der Waals surface area contributed by atoms with Gasteiger partial charge in [-0.15, -0.1) is 11.3 Å². The molecule has 0 saturated carbocycles. The van der Waals surface area contributed by atoms with E-state index >= 15 is 0 Å². The Morgan fingerprint density at radius 1 is 1.14 bits per heavy atom. The summed E-state index contributed by atoms with van der Waals surface area (Å²) in [5.41, 5.74) is 0.879. The van der Waals surface area contributed by atoms with E-state index in [0.29, 0.717) is 16.0 Å². The number of imide groups is 1. The van der Waals surface area contributed by atoms with E-state index in [4.69, 9.17) is 0 Å². The van der Waals surface area contributed by atoms with Crippen molar-refractivity contribution in [2.75, 3.05) is 0 Å². The molecule has 22 heavy (non-hydrogen) atoms. The number of thiophene rings is 1. The summed E-state index contributed by atoms with van der Waals surface area (Å²) >= 11 is 4.56. The highest BCUT2D eigenvalue weighted by Gasteiger charge is 2.35. The van der Waals surface area contributed by atoms with E-state index in [1.165, 1.54) is 16.2 Å². The SMILES string of the molecule is CC(Br)C(=O)c1ccc(CN2C(=O)c3ccccc3C2=O)s1. The van der Waals surface area contributed by atoms with Crippen LogP contribution < -0.4 is 0 Å². The summed E-state index contributed by atoms with van der Waals surface area (Å²) in [5.74, 6) is -0.565. The number of carbonyl (C=O) groups is 3. The summed E-state index contributed by atoms with van der Waals surface area (Å²) in [5, 5.41) is 0. The summed E-state index contributed by atoms with van der Waals surface area (Å²) in [7, 11) is 0. The molecule has 1 aromatic heterocycles. The van der Waals surface area contributed by atoms with Crippen LogP contribution in [0.4, 0.5) is 0 Å². The molecule has 0 aliphatic carbocycles. The number of halogens is 1. The van der Waals surface area contributed by atoms with Crippen LogP contribution in [-0.2, 0) is 6.54 Å². The van der Waals surface area contributed by atoms with E-state index in [2.05, 4.69) is 15.9 Å². The van der Waals surface area contributed by atoms with E-state index in [-0.39, 0.29) is 29.0 Å². The normalized spacial score (nSPS) is 15.1. The number of benzene rings is 1. The van der Waals surface area contributed by atoms with Gasteiger partial charge in [-0.25, -0.2) is 0 Å². The topological polar surface area (TPSA) is 54.5 Å². The average molecular weight is 378 g/mol. The Morgan fingerprint density at radius 3 is 2.27 bits per heavy atom. The molecule has 1 aliphatic heterocycles. The molecular weight excluding hydrogens is 366 g/mol. The second-order valence-corrected chi connectivity index (χ2v) is 7.53. The molecule has 0 bridgehead atoms. The average Bonchev–Trinajstić information content (AvgIpc) is 3.06. The van der Waals surface area contributed by atoms with Crippen LogP contribution in [-0.4, -0.2) is 27.3 Å². The van der Waals surface area contributed by atoms with Crippen molar-refractivity contribution in [1.29, 1.82) is 0 Å². The molecule has 1 unspecified atom stereocenters. The smallest absolute Gasteiger partial charge is 0.261 e. The minimum atomic E-state index is -0.282. The van der Waals surface area contributed by atoms with Crippen molar-refractivity contribution in [2.45, 2.75) is 18.3 Å². The zero-order valence-electron chi connectivity index (χ0n) is 11.7. The van der Waals surface area contributed by atoms with E-state index in [1.54, 1.807) is 43.3 Å². The van der Waals surface area contributed by atoms with Gasteiger partial charge in [0, 0.05) is 4.88 Å². The molecule has 1 atom stereocenters. The summed E-state index contributed by atoms with van der Waals surface area (Å²) in [6.45, 7) is 1.97. The molecule has 112 valence electrons. The fourth-order valence-electron chi connectivity index (χ4n) is 2.33. The van der Waals surface area contributed by atoms with Crippen LogP contribution in [0.25, 0.3) is 0 Å². The summed E-state index contributed by atoms with van der Waals surface area (Å²) in [6.07, 6.45) is 0. The van der Waals surface area contributed by atoms with E-state index in [1.807, 2.05) is 0 Å². The molecule has 0 fully saturated rings. The van der Waals surface area contributed by atoms with Gasteiger partial charge in [0.05, 0.1) is 27.4 Å². The lowest BCUT2D eigenvalue weighted by atomic mass is 10.1. The van der Waals surface area contributed by atoms with Gasteiger partial charge in [0.1, 0.15) is 0 Å². The van der Waals surface area contributed by atoms with Crippen molar-refractivity contribution in [3.05, 3.63) is 57.3 Å². The van der Waals surface area contributed by atoms with Gasteiger partial charge in [0.15, 0.2) is 5.78 Å². The number of rotatable bonds is 4. The fourth-order valence-corrected chi connectivity index (χ4v) is 3.75. The van der Waals surface area contributed by atoms with Crippen LogP contribution in [0, 0.1) is 0 Å². The third kappa shape index (κ3) is 2.53. The van der Waals surface area contributed by atoms with Crippen molar-refractivity contribution in [2.24, 2.45) is 0 Å². The number of ketones is 1. The van der Waals surface area contributed by atoms with Gasteiger partial charge in [-0.2, -0.15) is 0 Å². The van der Waals surface area contributed by atoms with Gasteiger partial charge in [-0.1, -0.05) is 28.1 Å². The predicted molar refractivity (Wildman–Crippen MR) is 87.7 cm³/mol. The summed E-state index contributed by atoms with van der Waals surface area (Å²) in [6, 6.07) is 10.3. The first-order valence-corrected chi connectivity index (χ1v) is 8.44. The Labute approximate surface area is 139 Å². The van der Waals surface area contributed by atoms with Gasteiger partial charge in [-0.05, 0) is 31.2 Å². The van der Waals surface area contributed by atoms with Crippen LogP contribution in [0.15, 0.2) is 36.4 Å². The lowest BCUT2D eigenvalue weighted by molar-refractivity contribution is 0.0643. The summed E-state index contributed by atoms with van der Waals surface area (Å²) < 4.78 is 0. The van der Waals surface area contributed by atoms with Gasteiger partial charge < -0.3 is 0 Å².